The summed E-state index contributed by atoms with van der Waals surface area (Å²) in [7, 11) is 2.22. The van der Waals surface area contributed by atoms with E-state index in [0.717, 1.165) is 30.6 Å². The average Bonchev–Trinajstić information content (AvgIpc) is 3.01. The first-order valence-corrected chi connectivity index (χ1v) is 8.66. The molecule has 0 saturated carbocycles. The molecule has 0 aliphatic carbocycles. The highest BCUT2D eigenvalue weighted by Gasteiger charge is 2.39. The minimum atomic E-state index is -0.0256. The zero-order valence-corrected chi connectivity index (χ0v) is 13.8. The standard InChI is InChI=1S/C18H24N4O/c1-3-16-20-17(15-6-4-5-9-22(15)16)18(23)19-12-10-13-7-8-14(11-12)21(13)2/h4-6,9,12-14H,3,7-8,10-11H2,1-2H3,(H,19,23). The Bertz CT molecular complexity index is 724. The predicted molar refractivity (Wildman–Crippen MR) is 89.6 cm³/mol. The molecule has 0 aromatic carbocycles. The summed E-state index contributed by atoms with van der Waals surface area (Å²) in [5.41, 5.74) is 1.46. The molecule has 2 aromatic heterocycles. The highest BCUT2D eigenvalue weighted by Crippen LogP contribution is 2.34. The van der Waals surface area contributed by atoms with Gasteiger partial charge in [-0.15, -0.1) is 0 Å². The molecule has 5 heteroatoms. The van der Waals surface area contributed by atoms with Gasteiger partial charge in [0.15, 0.2) is 5.69 Å². The summed E-state index contributed by atoms with van der Waals surface area (Å²) in [6.07, 6.45) is 7.45. The molecule has 2 unspecified atom stereocenters. The molecule has 122 valence electrons. The lowest BCUT2D eigenvalue weighted by Crippen LogP contribution is -2.48. The normalized spacial score (nSPS) is 27.5. The van der Waals surface area contributed by atoms with Crippen LogP contribution in [0, 0.1) is 0 Å². The first-order valence-electron chi connectivity index (χ1n) is 8.66. The van der Waals surface area contributed by atoms with E-state index in [1.54, 1.807) is 0 Å². The molecule has 4 rings (SSSR count). The van der Waals surface area contributed by atoms with Gasteiger partial charge in [0.2, 0.25) is 0 Å². The Hall–Kier alpha value is -1.88. The Balaban J connectivity index is 1.56. The Morgan fingerprint density at radius 2 is 2.04 bits per heavy atom. The molecular formula is C18H24N4O. The fourth-order valence-corrected chi connectivity index (χ4v) is 4.30. The summed E-state index contributed by atoms with van der Waals surface area (Å²) < 4.78 is 2.02. The van der Waals surface area contributed by atoms with Crippen LogP contribution in [0.15, 0.2) is 24.4 Å². The molecule has 4 heterocycles. The van der Waals surface area contributed by atoms with Crippen molar-refractivity contribution in [1.82, 2.24) is 19.6 Å². The van der Waals surface area contributed by atoms with E-state index in [9.17, 15) is 4.79 Å². The molecular weight excluding hydrogens is 288 g/mol. The number of amides is 1. The second-order valence-electron chi connectivity index (χ2n) is 6.88. The SMILES string of the molecule is CCc1nc(C(=O)NC2CC3CCC(C2)N3C)c2ccccn12. The van der Waals surface area contributed by atoms with E-state index in [-0.39, 0.29) is 11.9 Å². The topological polar surface area (TPSA) is 49.6 Å². The van der Waals surface area contributed by atoms with Gasteiger partial charge in [0.05, 0.1) is 5.52 Å². The molecule has 1 N–H and O–H groups in total. The van der Waals surface area contributed by atoms with E-state index < -0.39 is 0 Å². The molecule has 5 nitrogen and oxygen atoms in total. The smallest absolute Gasteiger partial charge is 0.272 e. The van der Waals surface area contributed by atoms with E-state index in [0.29, 0.717) is 17.8 Å². The summed E-state index contributed by atoms with van der Waals surface area (Å²) in [6.45, 7) is 2.07. The third-order valence-electron chi connectivity index (χ3n) is 5.59. The zero-order valence-electron chi connectivity index (χ0n) is 13.8. The molecule has 0 spiro atoms. The Morgan fingerprint density at radius 1 is 1.30 bits per heavy atom. The van der Waals surface area contributed by atoms with Crippen LogP contribution in [0.5, 0.6) is 0 Å². The zero-order chi connectivity index (χ0) is 16.0. The Kier molecular flexibility index (Phi) is 3.60. The molecule has 23 heavy (non-hydrogen) atoms. The van der Waals surface area contributed by atoms with Crippen LogP contribution in [0.2, 0.25) is 0 Å². The van der Waals surface area contributed by atoms with Crippen LogP contribution in [0.4, 0.5) is 0 Å². The van der Waals surface area contributed by atoms with Crippen LogP contribution in [-0.2, 0) is 6.42 Å². The molecule has 2 atom stereocenters. The van der Waals surface area contributed by atoms with Gasteiger partial charge in [-0.25, -0.2) is 4.98 Å². The molecule has 2 saturated heterocycles. The second kappa shape index (κ2) is 5.64. The maximum atomic E-state index is 12.8. The number of pyridine rings is 1. The molecule has 2 aromatic rings. The van der Waals surface area contributed by atoms with Crippen molar-refractivity contribution in [3.63, 3.8) is 0 Å². The minimum absolute atomic E-state index is 0.0256. The van der Waals surface area contributed by atoms with Gasteiger partial charge < -0.3 is 14.6 Å². The fraction of sp³-hybridized carbons (Fsp3) is 0.556. The number of aryl methyl sites for hydroxylation is 1. The number of hydrogen-bond acceptors (Lipinski definition) is 3. The van der Waals surface area contributed by atoms with Gasteiger partial charge in [-0.2, -0.15) is 0 Å². The fourth-order valence-electron chi connectivity index (χ4n) is 4.30. The molecule has 2 aliphatic heterocycles. The number of aromatic nitrogens is 2. The van der Waals surface area contributed by atoms with Crippen molar-refractivity contribution in [2.45, 2.75) is 57.2 Å². The van der Waals surface area contributed by atoms with Crippen LogP contribution in [0.25, 0.3) is 5.52 Å². The van der Waals surface area contributed by atoms with Crippen molar-refractivity contribution < 1.29 is 4.79 Å². The molecule has 1 amide bonds. The third kappa shape index (κ3) is 2.43. The highest BCUT2D eigenvalue weighted by atomic mass is 16.2. The van der Waals surface area contributed by atoms with Gasteiger partial charge in [0.1, 0.15) is 5.82 Å². The molecule has 0 radical (unpaired) electrons. The summed E-state index contributed by atoms with van der Waals surface area (Å²) in [5, 5.41) is 3.24. The number of rotatable bonds is 3. The number of hydrogen-bond donors (Lipinski definition) is 1. The number of piperidine rings is 1. The number of nitrogens with one attached hydrogen (secondary N) is 1. The van der Waals surface area contributed by atoms with E-state index in [4.69, 9.17) is 0 Å². The number of carbonyl (C=O) groups excluding carboxylic acids is 1. The van der Waals surface area contributed by atoms with Crippen LogP contribution in [0.1, 0.15) is 48.9 Å². The molecule has 2 fully saturated rings. The Morgan fingerprint density at radius 3 is 2.74 bits per heavy atom. The first kappa shape index (κ1) is 14.7. The van der Waals surface area contributed by atoms with Crippen molar-refractivity contribution in [2.75, 3.05) is 7.05 Å². The van der Waals surface area contributed by atoms with Crippen molar-refractivity contribution in [3.05, 3.63) is 35.9 Å². The van der Waals surface area contributed by atoms with E-state index in [1.165, 1.54) is 12.8 Å². The van der Waals surface area contributed by atoms with Crippen LogP contribution >= 0.6 is 0 Å². The van der Waals surface area contributed by atoms with Gasteiger partial charge in [0, 0.05) is 30.7 Å². The highest BCUT2D eigenvalue weighted by molar-refractivity contribution is 5.99. The summed E-state index contributed by atoms with van der Waals surface area (Å²) in [5.74, 6) is 0.913. The van der Waals surface area contributed by atoms with Crippen molar-refractivity contribution in [1.29, 1.82) is 0 Å². The van der Waals surface area contributed by atoms with Crippen LogP contribution in [-0.4, -0.2) is 45.4 Å². The van der Waals surface area contributed by atoms with Crippen LogP contribution in [0.3, 0.4) is 0 Å². The lowest BCUT2D eigenvalue weighted by atomic mass is 9.98. The van der Waals surface area contributed by atoms with Crippen molar-refractivity contribution in [2.24, 2.45) is 0 Å². The van der Waals surface area contributed by atoms with Crippen molar-refractivity contribution >= 4 is 11.4 Å². The minimum Gasteiger partial charge on any atom is -0.348 e. The first-order chi connectivity index (χ1) is 11.2. The monoisotopic (exact) mass is 312 g/mol. The number of carbonyl (C=O) groups is 1. The van der Waals surface area contributed by atoms with E-state index >= 15 is 0 Å². The number of imidazole rings is 1. The predicted octanol–water partition coefficient (Wildman–Crippen LogP) is 2.25. The summed E-state index contributed by atoms with van der Waals surface area (Å²) >= 11 is 0. The maximum absolute atomic E-state index is 12.8. The third-order valence-corrected chi connectivity index (χ3v) is 5.59. The number of fused-ring (bicyclic) bond motifs is 3. The largest absolute Gasteiger partial charge is 0.348 e. The number of nitrogens with zero attached hydrogens (tertiary/aromatic N) is 3. The molecule has 2 aliphatic rings. The van der Waals surface area contributed by atoms with Gasteiger partial charge in [0.25, 0.3) is 5.91 Å². The lowest BCUT2D eigenvalue weighted by Gasteiger charge is -2.36. The van der Waals surface area contributed by atoms with Crippen LogP contribution < -0.4 is 5.32 Å². The van der Waals surface area contributed by atoms with Gasteiger partial charge >= 0.3 is 0 Å². The van der Waals surface area contributed by atoms with Gasteiger partial charge in [-0.05, 0) is 44.9 Å². The average molecular weight is 312 g/mol. The maximum Gasteiger partial charge on any atom is 0.272 e. The van der Waals surface area contributed by atoms with E-state index in [2.05, 4.69) is 29.2 Å². The second-order valence-corrected chi connectivity index (χ2v) is 6.88. The van der Waals surface area contributed by atoms with Gasteiger partial charge in [-0.3, -0.25) is 4.79 Å². The molecule has 2 bridgehead atoms. The lowest BCUT2D eigenvalue weighted by molar-refractivity contribution is 0.0879. The van der Waals surface area contributed by atoms with E-state index in [1.807, 2.05) is 28.8 Å². The quantitative estimate of drug-likeness (QED) is 0.946. The Labute approximate surface area is 136 Å². The van der Waals surface area contributed by atoms with Crippen molar-refractivity contribution in [3.8, 4) is 0 Å². The summed E-state index contributed by atoms with van der Waals surface area (Å²) in [6, 6.07) is 7.45. The van der Waals surface area contributed by atoms with Gasteiger partial charge in [-0.1, -0.05) is 13.0 Å². The summed E-state index contributed by atoms with van der Waals surface area (Å²) in [4.78, 5) is 19.8.